The van der Waals surface area contributed by atoms with Crippen molar-refractivity contribution in [3.05, 3.63) is 0 Å². The van der Waals surface area contributed by atoms with Crippen LogP contribution in [0.4, 0.5) is 0 Å². The summed E-state index contributed by atoms with van der Waals surface area (Å²) in [6, 6.07) is 0.770. The molecular weight excluding hydrogens is 174 g/mol. The Morgan fingerprint density at radius 1 is 1.21 bits per heavy atom. The Morgan fingerprint density at radius 2 is 1.79 bits per heavy atom. The Balaban J connectivity index is 2.23. The third-order valence-electron chi connectivity index (χ3n) is 3.27. The highest BCUT2D eigenvalue weighted by Crippen LogP contribution is 2.22. The summed E-state index contributed by atoms with van der Waals surface area (Å²) in [4.78, 5) is 2.43. The predicted molar refractivity (Wildman–Crippen MR) is 60.4 cm³/mol. The molecule has 84 valence electrons. The van der Waals surface area contributed by atoms with Crippen molar-refractivity contribution >= 4 is 0 Å². The van der Waals surface area contributed by atoms with Gasteiger partial charge in [-0.25, -0.2) is 0 Å². The third kappa shape index (κ3) is 4.43. The van der Waals surface area contributed by atoms with E-state index in [1.807, 2.05) is 13.8 Å². The molecule has 1 fully saturated rings. The van der Waals surface area contributed by atoms with Gasteiger partial charge in [-0.15, -0.1) is 0 Å². The number of aliphatic hydroxyl groups is 1. The molecule has 0 aliphatic heterocycles. The van der Waals surface area contributed by atoms with Crippen LogP contribution in [0.3, 0.4) is 0 Å². The highest BCUT2D eigenvalue weighted by atomic mass is 16.3. The van der Waals surface area contributed by atoms with Crippen LogP contribution in [0.15, 0.2) is 0 Å². The van der Waals surface area contributed by atoms with E-state index in [9.17, 15) is 5.11 Å². The standard InChI is InChI=1S/C12H25NO/c1-12(2,14)9-10-13(3)11-7-5-4-6-8-11/h11,14H,4-10H2,1-3H3. The van der Waals surface area contributed by atoms with Gasteiger partial charge in [-0.05, 0) is 40.2 Å². The normalized spacial score (nSPS) is 20.4. The summed E-state index contributed by atoms with van der Waals surface area (Å²) in [5.41, 5.74) is -0.511. The maximum absolute atomic E-state index is 9.64. The van der Waals surface area contributed by atoms with Crippen molar-refractivity contribution < 1.29 is 5.11 Å². The van der Waals surface area contributed by atoms with Crippen LogP contribution in [-0.4, -0.2) is 35.2 Å². The van der Waals surface area contributed by atoms with Gasteiger partial charge >= 0.3 is 0 Å². The van der Waals surface area contributed by atoms with Crippen LogP contribution >= 0.6 is 0 Å². The van der Waals surface area contributed by atoms with Gasteiger partial charge in [-0.1, -0.05) is 19.3 Å². The van der Waals surface area contributed by atoms with Gasteiger partial charge in [0.1, 0.15) is 0 Å². The molecule has 1 aliphatic carbocycles. The van der Waals surface area contributed by atoms with Crippen LogP contribution in [0.25, 0.3) is 0 Å². The molecule has 0 aromatic carbocycles. The molecule has 0 heterocycles. The highest BCUT2D eigenvalue weighted by Gasteiger charge is 2.20. The summed E-state index contributed by atoms with van der Waals surface area (Å²) in [7, 11) is 2.20. The molecule has 0 amide bonds. The number of nitrogens with zero attached hydrogens (tertiary/aromatic N) is 1. The Bertz CT molecular complexity index is 156. The average molecular weight is 199 g/mol. The topological polar surface area (TPSA) is 23.5 Å². The Morgan fingerprint density at radius 3 is 2.29 bits per heavy atom. The summed E-state index contributed by atoms with van der Waals surface area (Å²) in [5, 5.41) is 9.64. The number of hydrogen-bond acceptors (Lipinski definition) is 2. The molecular formula is C12H25NO. The minimum absolute atomic E-state index is 0.511. The van der Waals surface area contributed by atoms with Crippen LogP contribution in [0, 0.1) is 0 Å². The maximum Gasteiger partial charge on any atom is 0.0603 e. The Hall–Kier alpha value is -0.0800. The van der Waals surface area contributed by atoms with E-state index in [1.165, 1.54) is 32.1 Å². The minimum atomic E-state index is -0.511. The van der Waals surface area contributed by atoms with Crippen molar-refractivity contribution in [2.75, 3.05) is 13.6 Å². The van der Waals surface area contributed by atoms with Crippen molar-refractivity contribution in [2.45, 2.75) is 64.0 Å². The van der Waals surface area contributed by atoms with Crippen molar-refractivity contribution in [3.63, 3.8) is 0 Å². The fourth-order valence-corrected chi connectivity index (χ4v) is 2.15. The van der Waals surface area contributed by atoms with E-state index in [4.69, 9.17) is 0 Å². The van der Waals surface area contributed by atoms with Gasteiger partial charge < -0.3 is 10.0 Å². The van der Waals surface area contributed by atoms with E-state index in [-0.39, 0.29) is 0 Å². The molecule has 0 atom stereocenters. The SMILES string of the molecule is CN(CCC(C)(C)O)C1CCCCC1. The zero-order valence-electron chi connectivity index (χ0n) is 9.92. The second kappa shape index (κ2) is 5.13. The van der Waals surface area contributed by atoms with Crippen molar-refractivity contribution in [3.8, 4) is 0 Å². The number of rotatable bonds is 4. The molecule has 14 heavy (non-hydrogen) atoms. The molecule has 0 saturated heterocycles. The molecule has 2 heteroatoms. The summed E-state index contributed by atoms with van der Waals surface area (Å²) >= 11 is 0. The van der Waals surface area contributed by atoms with E-state index in [0.717, 1.165) is 19.0 Å². The molecule has 0 bridgehead atoms. The lowest BCUT2D eigenvalue weighted by Crippen LogP contribution is -2.37. The lowest BCUT2D eigenvalue weighted by molar-refractivity contribution is 0.0526. The fourth-order valence-electron chi connectivity index (χ4n) is 2.15. The fraction of sp³-hybridized carbons (Fsp3) is 1.00. The molecule has 0 spiro atoms. The molecule has 0 aromatic heterocycles. The molecule has 1 N–H and O–H groups in total. The molecule has 1 aliphatic rings. The third-order valence-corrected chi connectivity index (χ3v) is 3.27. The first-order valence-corrected chi connectivity index (χ1v) is 5.92. The first kappa shape index (κ1) is 12.0. The zero-order valence-corrected chi connectivity index (χ0v) is 9.92. The van der Waals surface area contributed by atoms with Crippen molar-refractivity contribution in [2.24, 2.45) is 0 Å². The van der Waals surface area contributed by atoms with Crippen LogP contribution in [0.5, 0.6) is 0 Å². The van der Waals surface area contributed by atoms with Gasteiger partial charge in [0.25, 0.3) is 0 Å². The van der Waals surface area contributed by atoms with Gasteiger partial charge in [0.05, 0.1) is 5.60 Å². The van der Waals surface area contributed by atoms with Gasteiger partial charge in [0, 0.05) is 12.6 Å². The smallest absolute Gasteiger partial charge is 0.0603 e. The number of hydrogen-bond donors (Lipinski definition) is 1. The van der Waals surface area contributed by atoms with E-state index >= 15 is 0 Å². The first-order valence-electron chi connectivity index (χ1n) is 5.92. The van der Waals surface area contributed by atoms with Crippen LogP contribution in [-0.2, 0) is 0 Å². The Kier molecular flexibility index (Phi) is 4.39. The van der Waals surface area contributed by atoms with Gasteiger partial charge in [0.2, 0.25) is 0 Å². The molecule has 1 rings (SSSR count). The molecule has 2 nitrogen and oxygen atoms in total. The average Bonchev–Trinajstić information content (AvgIpc) is 2.14. The van der Waals surface area contributed by atoms with Gasteiger partial charge in [0.15, 0.2) is 0 Å². The van der Waals surface area contributed by atoms with Crippen molar-refractivity contribution in [1.82, 2.24) is 4.90 Å². The highest BCUT2D eigenvalue weighted by molar-refractivity contribution is 4.75. The summed E-state index contributed by atoms with van der Waals surface area (Å²) in [6.45, 7) is 4.80. The second-order valence-electron chi connectivity index (χ2n) is 5.33. The zero-order chi connectivity index (χ0) is 10.6. The largest absolute Gasteiger partial charge is 0.390 e. The van der Waals surface area contributed by atoms with Crippen molar-refractivity contribution in [1.29, 1.82) is 0 Å². The quantitative estimate of drug-likeness (QED) is 0.751. The summed E-state index contributed by atoms with van der Waals surface area (Å²) < 4.78 is 0. The molecule has 0 aromatic rings. The second-order valence-corrected chi connectivity index (χ2v) is 5.33. The molecule has 0 radical (unpaired) electrons. The van der Waals surface area contributed by atoms with E-state index in [0.29, 0.717) is 0 Å². The summed E-state index contributed by atoms with van der Waals surface area (Å²) in [6.07, 6.45) is 7.76. The maximum atomic E-state index is 9.64. The molecule has 0 unspecified atom stereocenters. The summed E-state index contributed by atoms with van der Waals surface area (Å²) in [5.74, 6) is 0. The monoisotopic (exact) mass is 199 g/mol. The predicted octanol–water partition coefficient (Wildman–Crippen LogP) is 2.41. The van der Waals surface area contributed by atoms with Crippen LogP contribution in [0.1, 0.15) is 52.4 Å². The van der Waals surface area contributed by atoms with Crippen LogP contribution in [0.2, 0.25) is 0 Å². The van der Waals surface area contributed by atoms with E-state index in [1.54, 1.807) is 0 Å². The van der Waals surface area contributed by atoms with Gasteiger partial charge in [-0.3, -0.25) is 0 Å². The van der Waals surface area contributed by atoms with Crippen LogP contribution < -0.4 is 0 Å². The Labute approximate surface area is 88.3 Å². The lowest BCUT2D eigenvalue weighted by atomic mass is 9.94. The minimum Gasteiger partial charge on any atom is -0.390 e. The van der Waals surface area contributed by atoms with E-state index in [2.05, 4.69) is 11.9 Å². The molecule has 1 saturated carbocycles. The lowest BCUT2D eigenvalue weighted by Gasteiger charge is -2.32. The first-order chi connectivity index (χ1) is 6.49. The van der Waals surface area contributed by atoms with Gasteiger partial charge in [-0.2, -0.15) is 0 Å². The van der Waals surface area contributed by atoms with E-state index < -0.39 is 5.60 Å².